The topological polar surface area (TPSA) is 129 Å². The molecule has 33 heavy (non-hydrogen) atoms. The van der Waals surface area contributed by atoms with Crippen LogP contribution in [0.25, 0.3) is 11.1 Å². The van der Waals surface area contributed by atoms with Crippen LogP contribution in [-0.2, 0) is 16.0 Å². The number of nitrogens with two attached hydrogens (primary N) is 1. The van der Waals surface area contributed by atoms with Crippen LogP contribution < -0.4 is 25.3 Å². The molecule has 9 heteroatoms. The van der Waals surface area contributed by atoms with Crippen molar-refractivity contribution in [2.45, 2.75) is 26.4 Å². The molecule has 4 N–H and O–H groups in total. The summed E-state index contributed by atoms with van der Waals surface area (Å²) < 4.78 is 16.9. The zero-order chi connectivity index (χ0) is 23.5. The molecule has 0 aliphatic carbocycles. The third kappa shape index (κ3) is 4.77. The van der Waals surface area contributed by atoms with E-state index in [4.69, 9.17) is 19.9 Å². The first-order valence-electron chi connectivity index (χ1n) is 10.6. The number of hydrogen-bond acceptors (Lipinski definition) is 6. The highest BCUT2D eigenvalue weighted by Gasteiger charge is 2.27. The summed E-state index contributed by atoms with van der Waals surface area (Å²) in [5, 5.41) is 9.86. The van der Waals surface area contributed by atoms with Gasteiger partial charge in [-0.3, -0.25) is 14.7 Å². The lowest BCUT2D eigenvalue weighted by Crippen LogP contribution is -2.33. The lowest BCUT2D eigenvalue weighted by Gasteiger charge is -2.25. The fourth-order valence-corrected chi connectivity index (χ4v) is 3.68. The minimum atomic E-state index is -0.876. The molecule has 0 bridgehead atoms. The van der Waals surface area contributed by atoms with E-state index in [1.807, 2.05) is 31.2 Å². The molecule has 0 saturated heterocycles. The van der Waals surface area contributed by atoms with Crippen LogP contribution in [0.3, 0.4) is 0 Å². The molecule has 0 spiro atoms. The summed E-state index contributed by atoms with van der Waals surface area (Å²) in [4.78, 5) is 24.7. The zero-order valence-corrected chi connectivity index (χ0v) is 18.7. The van der Waals surface area contributed by atoms with E-state index in [1.54, 1.807) is 32.4 Å². The Morgan fingerprint density at radius 3 is 2.79 bits per heavy atom. The number of H-pyrrole nitrogens is 1. The van der Waals surface area contributed by atoms with Crippen LogP contribution >= 0.6 is 0 Å². The average molecular weight is 450 g/mol. The summed E-state index contributed by atoms with van der Waals surface area (Å²) in [6.07, 6.45) is 1.34. The summed E-state index contributed by atoms with van der Waals surface area (Å²) in [6, 6.07) is 10.9. The van der Waals surface area contributed by atoms with Crippen molar-refractivity contribution < 1.29 is 23.8 Å². The summed E-state index contributed by atoms with van der Waals surface area (Å²) in [5.41, 5.74) is 9.33. The van der Waals surface area contributed by atoms with Gasteiger partial charge in [0, 0.05) is 11.3 Å². The Morgan fingerprint density at radius 1 is 1.27 bits per heavy atom. The van der Waals surface area contributed by atoms with Gasteiger partial charge in [0.2, 0.25) is 5.91 Å². The van der Waals surface area contributed by atoms with Gasteiger partial charge >= 0.3 is 0 Å². The van der Waals surface area contributed by atoms with Crippen LogP contribution in [0.15, 0.2) is 42.6 Å². The number of nitrogens with one attached hydrogen (secondary N) is 2. The van der Waals surface area contributed by atoms with Crippen LogP contribution in [0, 0.1) is 12.8 Å². The molecule has 2 aromatic carbocycles. The predicted octanol–water partition coefficient (Wildman–Crippen LogP) is 2.84. The van der Waals surface area contributed by atoms with Crippen molar-refractivity contribution in [3.05, 3.63) is 53.9 Å². The minimum absolute atomic E-state index is 0.215. The van der Waals surface area contributed by atoms with E-state index in [-0.39, 0.29) is 12.5 Å². The molecule has 4 rings (SSSR count). The second-order valence-electron chi connectivity index (χ2n) is 7.96. The first-order valence-corrected chi connectivity index (χ1v) is 10.6. The maximum Gasteiger partial charge on any atom is 0.258 e. The molecule has 2 heterocycles. The van der Waals surface area contributed by atoms with Gasteiger partial charge in [-0.15, -0.1) is 0 Å². The Bertz CT molecular complexity index is 1190. The molecule has 2 amide bonds. The largest absolute Gasteiger partial charge is 0.497 e. The zero-order valence-electron chi connectivity index (χ0n) is 18.7. The Morgan fingerprint density at radius 2 is 2.09 bits per heavy atom. The highest BCUT2D eigenvalue weighted by Crippen LogP contribution is 2.34. The van der Waals surface area contributed by atoms with E-state index in [0.717, 1.165) is 28.1 Å². The molecule has 3 aromatic rings. The number of amides is 2. The number of aryl methyl sites for hydroxylation is 1. The first kappa shape index (κ1) is 22.2. The van der Waals surface area contributed by atoms with Crippen LogP contribution in [0.5, 0.6) is 17.2 Å². The Labute approximate surface area is 191 Å². The van der Waals surface area contributed by atoms with Crippen molar-refractivity contribution in [2.75, 3.05) is 19.0 Å². The third-order valence-electron chi connectivity index (χ3n) is 5.63. The quantitative estimate of drug-likeness (QED) is 0.508. The molecule has 1 aromatic heterocycles. The number of carbonyl (C=O) groups excluding carboxylic acids is 2. The van der Waals surface area contributed by atoms with Gasteiger partial charge < -0.3 is 25.3 Å². The number of hydrogen-bond donors (Lipinski definition) is 3. The normalized spacial score (nSPS) is 15.7. The fourth-order valence-electron chi connectivity index (χ4n) is 3.68. The molecular weight excluding hydrogens is 424 g/mol. The molecule has 172 valence electrons. The van der Waals surface area contributed by atoms with Gasteiger partial charge in [-0.25, -0.2) is 0 Å². The molecule has 1 aliphatic rings. The SMILES string of the molecule is COc1ccc2c(c1)CC(C(=O)Nc1ccc(-c3cn[nH]c3C)cc1OC(C)C(N)=O)CO2. The number of benzene rings is 2. The molecule has 0 saturated carbocycles. The van der Waals surface area contributed by atoms with Gasteiger partial charge in [-0.2, -0.15) is 5.10 Å². The van der Waals surface area contributed by atoms with Gasteiger partial charge in [0.25, 0.3) is 5.91 Å². The van der Waals surface area contributed by atoms with Crippen molar-refractivity contribution in [3.8, 4) is 28.4 Å². The molecule has 0 radical (unpaired) electrons. The lowest BCUT2D eigenvalue weighted by molar-refractivity contribution is -0.124. The number of rotatable bonds is 7. The summed E-state index contributed by atoms with van der Waals surface area (Å²) in [5.74, 6) is 0.572. The van der Waals surface area contributed by atoms with E-state index in [0.29, 0.717) is 23.6 Å². The number of fused-ring (bicyclic) bond motifs is 1. The molecule has 1 aliphatic heterocycles. The van der Waals surface area contributed by atoms with E-state index < -0.39 is 17.9 Å². The Kier molecular flexibility index (Phi) is 6.21. The summed E-state index contributed by atoms with van der Waals surface area (Å²) >= 11 is 0. The number of nitrogens with zero attached hydrogens (tertiary/aromatic N) is 1. The number of ether oxygens (including phenoxy) is 3. The van der Waals surface area contributed by atoms with Crippen LogP contribution in [0.2, 0.25) is 0 Å². The van der Waals surface area contributed by atoms with Crippen molar-refractivity contribution in [2.24, 2.45) is 11.7 Å². The van der Waals surface area contributed by atoms with Gasteiger partial charge in [-0.1, -0.05) is 6.07 Å². The summed E-state index contributed by atoms with van der Waals surface area (Å²) in [6.45, 7) is 3.72. The smallest absolute Gasteiger partial charge is 0.258 e. The van der Waals surface area contributed by atoms with Crippen LogP contribution in [0.4, 0.5) is 5.69 Å². The van der Waals surface area contributed by atoms with Crippen molar-refractivity contribution in [1.82, 2.24) is 10.2 Å². The summed E-state index contributed by atoms with van der Waals surface area (Å²) in [7, 11) is 1.60. The number of aromatic nitrogens is 2. The molecule has 0 fully saturated rings. The number of anilines is 1. The lowest BCUT2D eigenvalue weighted by atomic mass is 9.95. The van der Waals surface area contributed by atoms with Gasteiger partial charge in [0.1, 0.15) is 23.9 Å². The fraction of sp³-hybridized carbons (Fsp3) is 0.292. The number of primary amides is 1. The molecular formula is C24H26N4O5. The third-order valence-corrected chi connectivity index (χ3v) is 5.63. The highest BCUT2D eigenvalue weighted by molar-refractivity contribution is 5.95. The van der Waals surface area contributed by atoms with Crippen molar-refractivity contribution in [1.29, 1.82) is 0 Å². The maximum absolute atomic E-state index is 13.1. The number of methoxy groups -OCH3 is 1. The second-order valence-corrected chi connectivity index (χ2v) is 7.96. The number of carbonyl (C=O) groups is 2. The van der Waals surface area contributed by atoms with E-state index in [2.05, 4.69) is 15.5 Å². The van der Waals surface area contributed by atoms with Gasteiger partial charge in [-0.05, 0) is 61.7 Å². The van der Waals surface area contributed by atoms with Gasteiger partial charge in [0.05, 0.1) is 24.9 Å². The Balaban J connectivity index is 1.57. The number of aromatic amines is 1. The van der Waals surface area contributed by atoms with Crippen LogP contribution in [0.1, 0.15) is 18.2 Å². The van der Waals surface area contributed by atoms with Crippen molar-refractivity contribution >= 4 is 17.5 Å². The monoisotopic (exact) mass is 450 g/mol. The van der Waals surface area contributed by atoms with E-state index in [1.165, 1.54) is 0 Å². The maximum atomic E-state index is 13.1. The van der Waals surface area contributed by atoms with E-state index in [9.17, 15) is 9.59 Å². The van der Waals surface area contributed by atoms with E-state index >= 15 is 0 Å². The average Bonchev–Trinajstić information content (AvgIpc) is 3.25. The minimum Gasteiger partial charge on any atom is -0.497 e. The molecule has 2 atom stereocenters. The standard InChI is InChI=1S/C24H26N4O5/c1-13-19(11-26-28-13)15-4-6-20(22(10-15)33-14(2)23(25)29)27-24(30)17-8-16-9-18(31-3)5-7-21(16)32-12-17/h4-7,9-11,14,17H,8,12H2,1-3H3,(H2,25,29)(H,26,28)(H,27,30). The molecule has 9 nitrogen and oxygen atoms in total. The van der Waals surface area contributed by atoms with Crippen LogP contribution in [-0.4, -0.2) is 41.8 Å². The van der Waals surface area contributed by atoms with Gasteiger partial charge in [0.15, 0.2) is 6.10 Å². The predicted molar refractivity (Wildman–Crippen MR) is 122 cm³/mol. The Hall–Kier alpha value is -4.01. The molecule has 2 unspecified atom stereocenters. The first-order chi connectivity index (χ1) is 15.9. The second kappa shape index (κ2) is 9.23. The van der Waals surface area contributed by atoms with Crippen molar-refractivity contribution in [3.63, 3.8) is 0 Å². The highest BCUT2D eigenvalue weighted by atomic mass is 16.5.